The van der Waals surface area contributed by atoms with Gasteiger partial charge in [0.15, 0.2) is 21.9 Å². The maximum absolute atomic E-state index is 11.9. The number of carbonyl (C=O) groups is 1. The first-order valence-electron chi connectivity index (χ1n) is 8.49. The Hall–Kier alpha value is -2.03. The van der Waals surface area contributed by atoms with E-state index in [1.165, 1.54) is 12.1 Å². The van der Waals surface area contributed by atoms with E-state index in [2.05, 4.69) is 20.9 Å². The zero-order valence-electron chi connectivity index (χ0n) is 16.1. The molecule has 0 fully saturated rings. The van der Waals surface area contributed by atoms with Gasteiger partial charge in [-0.25, -0.2) is 13.4 Å². The molecule has 0 saturated carbocycles. The minimum atomic E-state index is -3.33. The Kier molecular flexibility index (Phi) is 7.14. The third-order valence-electron chi connectivity index (χ3n) is 4.49. The van der Waals surface area contributed by atoms with Crippen molar-refractivity contribution in [2.45, 2.75) is 30.8 Å². The van der Waals surface area contributed by atoms with Crippen molar-refractivity contribution in [1.29, 1.82) is 0 Å². The van der Waals surface area contributed by atoms with E-state index in [0.717, 1.165) is 10.7 Å². The zero-order chi connectivity index (χ0) is 20.9. The minimum absolute atomic E-state index is 0.0492. The van der Waals surface area contributed by atoms with E-state index in [0.29, 0.717) is 23.8 Å². The molecule has 0 N–H and O–H groups in total. The van der Waals surface area contributed by atoms with Gasteiger partial charge in [0, 0.05) is 35.7 Å². The number of halogens is 1. The Bertz CT molecular complexity index is 963. The van der Waals surface area contributed by atoms with Crippen LogP contribution in [0.1, 0.15) is 25.8 Å². The number of carbonyl (C=O) groups excluding carboxylic acids is 1. The van der Waals surface area contributed by atoms with Crippen LogP contribution in [0.5, 0.6) is 5.88 Å². The molecule has 0 saturated heterocycles. The number of nitrogens with zero attached hydrogens (tertiary/aromatic N) is 1. The van der Waals surface area contributed by atoms with Crippen LogP contribution in [-0.2, 0) is 19.4 Å². The molecule has 2 aromatic rings. The maximum Gasteiger partial charge on any atom is 0.219 e. The van der Waals surface area contributed by atoms with Crippen molar-refractivity contribution in [1.82, 2.24) is 4.98 Å². The van der Waals surface area contributed by atoms with Crippen LogP contribution in [0.15, 0.2) is 57.7 Å². The maximum atomic E-state index is 11.9. The van der Waals surface area contributed by atoms with E-state index in [-0.39, 0.29) is 16.5 Å². The smallest absolute Gasteiger partial charge is 0.219 e. The Morgan fingerprint density at radius 1 is 1.21 bits per heavy atom. The lowest BCUT2D eigenvalue weighted by atomic mass is 9.86. The van der Waals surface area contributed by atoms with Gasteiger partial charge < -0.3 is 9.47 Å². The predicted octanol–water partition coefficient (Wildman–Crippen LogP) is 4.05. The molecular weight excluding hydrogens is 446 g/mol. The second-order valence-electron chi connectivity index (χ2n) is 6.36. The molecule has 0 radical (unpaired) electrons. The van der Waals surface area contributed by atoms with Crippen LogP contribution >= 0.6 is 15.9 Å². The second-order valence-corrected chi connectivity index (χ2v) is 9.29. The fourth-order valence-corrected chi connectivity index (χ4v) is 3.53. The first kappa shape index (κ1) is 22.3. The van der Waals surface area contributed by atoms with E-state index < -0.39 is 15.4 Å². The molecule has 0 aliphatic heterocycles. The van der Waals surface area contributed by atoms with Crippen molar-refractivity contribution >= 4 is 37.6 Å². The largest absolute Gasteiger partial charge is 0.435 e. The quantitative estimate of drug-likeness (QED) is 0.330. The van der Waals surface area contributed by atoms with Gasteiger partial charge in [0.25, 0.3) is 0 Å². The second kappa shape index (κ2) is 8.98. The van der Waals surface area contributed by atoms with E-state index in [4.69, 9.17) is 9.47 Å². The van der Waals surface area contributed by atoms with Crippen molar-refractivity contribution in [3.8, 4) is 5.88 Å². The lowest BCUT2D eigenvalue weighted by molar-refractivity contribution is -0.106. The van der Waals surface area contributed by atoms with E-state index in [1.807, 2.05) is 13.8 Å². The first-order valence-corrected chi connectivity index (χ1v) is 11.2. The van der Waals surface area contributed by atoms with Crippen LogP contribution in [0.25, 0.3) is 5.57 Å². The Balaban J connectivity index is 2.64. The van der Waals surface area contributed by atoms with Crippen molar-refractivity contribution in [2.24, 2.45) is 0 Å². The molecule has 0 aliphatic carbocycles. The fourth-order valence-electron chi connectivity index (χ4n) is 2.67. The standard InChI is InChI=1S/C20H22BrNO5S/c1-5-20(2,26-3)19(14-6-9-16(10-7-14)28(4,24)25)17(13-23)27-18-11-8-15(21)12-22-18/h6-13H,5H2,1-4H3/b19-17+/t20-/m1/s1. The molecule has 28 heavy (non-hydrogen) atoms. The molecule has 0 unspecified atom stereocenters. The number of allylic oxidation sites excluding steroid dienone is 1. The molecule has 8 heteroatoms. The van der Waals surface area contributed by atoms with Gasteiger partial charge in [-0.1, -0.05) is 19.1 Å². The van der Waals surface area contributed by atoms with Crippen LogP contribution < -0.4 is 4.74 Å². The van der Waals surface area contributed by atoms with Gasteiger partial charge in [-0.05, 0) is 53.0 Å². The molecule has 0 spiro atoms. The van der Waals surface area contributed by atoms with Gasteiger partial charge in [-0.3, -0.25) is 4.79 Å². The highest BCUT2D eigenvalue weighted by Gasteiger charge is 2.32. The van der Waals surface area contributed by atoms with Crippen LogP contribution in [0.3, 0.4) is 0 Å². The van der Waals surface area contributed by atoms with E-state index >= 15 is 0 Å². The van der Waals surface area contributed by atoms with Crippen LogP contribution in [-0.4, -0.2) is 38.7 Å². The number of hydrogen-bond acceptors (Lipinski definition) is 6. The number of hydrogen-bond donors (Lipinski definition) is 0. The summed E-state index contributed by atoms with van der Waals surface area (Å²) >= 11 is 3.30. The minimum Gasteiger partial charge on any atom is -0.435 e. The number of sulfone groups is 1. The first-order chi connectivity index (χ1) is 13.1. The molecule has 1 aromatic carbocycles. The van der Waals surface area contributed by atoms with Crippen LogP contribution in [0, 0.1) is 0 Å². The van der Waals surface area contributed by atoms with Gasteiger partial charge in [0.05, 0.1) is 10.5 Å². The van der Waals surface area contributed by atoms with Crippen LogP contribution in [0.2, 0.25) is 0 Å². The average Bonchev–Trinajstić information content (AvgIpc) is 2.68. The molecular formula is C20H22BrNO5S. The third-order valence-corrected chi connectivity index (χ3v) is 6.09. The summed E-state index contributed by atoms with van der Waals surface area (Å²) in [5.74, 6) is 0.304. The summed E-state index contributed by atoms with van der Waals surface area (Å²) in [5, 5.41) is 0. The third kappa shape index (κ3) is 5.06. The summed E-state index contributed by atoms with van der Waals surface area (Å²) in [5.41, 5.74) is 0.299. The lowest BCUT2D eigenvalue weighted by Crippen LogP contribution is -2.30. The molecule has 0 aliphatic rings. The molecule has 1 atom stereocenters. The average molecular weight is 468 g/mol. The predicted molar refractivity (Wildman–Crippen MR) is 111 cm³/mol. The molecule has 1 heterocycles. The Morgan fingerprint density at radius 3 is 2.29 bits per heavy atom. The fraction of sp³-hybridized carbons (Fsp3) is 0.300. The number of rotatable bonds is 8. The topological polar surface area (TPSA) is 82.6 Å². The SMILES string of the molecule is CC[C@@](C)(OC)/C(=C(\C=O)Oc1ccc(Br)cn1)c1ccc(S(C)(=O)=O)cc1. The van der Waals surface area contributed by atoms with Crippen molar-refractivity contribution in [3.05, 3.63) is 58.4 Å². The number of benzene rings is 1. The molecule has 6 nitrogen and oxygen atoms in total. The molecule has 150 valence electrons. The zero-order valence-corrected chi connectivity index (χ0v) is 18.5. The van der Waals surface area contributed by atoms with Gasteiger partial charge in [-0.2, -0.15) is 0 Å². The lowest BCUT2D eigenvalue weighted by Gasteiger charge is -2.31. The monoisotopic (exact) mass is 467 g/mol. The summed E-state index contributed by atoms with van der Waals surface area (Å²) in [6.07, 6.45) is 3.87. The number of ether oxygens (including phenoxy) is 2. The summed E-state index contributed by atoms with van der Waals surface area (Å²) in [6.45, 7) is 3.77. The van der Waals surface area contributed by atoms with Gasteiger partial charge >= 0.3 is 0 Å². The van der Waals surface area contributed by atoms with Crippen LogP contribution in [0.4, 0.5) is 0 Å². The summed E-state index contributed by atoms with van der Waals surface area (Å²) in [7, 11) is -1.78. The van der Waals surface area contributed by atoms with Gasteiger partial charge in [-0.15, -0.1) is 0 Å². The summed E-state index contributed by atoms with van der Waals surface area (Å²) in [4.78, 5) is 16.3. The van der Waals surface area contributed by atoms with Crippen molar-refractivity contribution < 1.29 is 22.7 Å². The normalized spacial score (nSPS) is 14.8. The van der Waals surface area contributed by atoms with Gasteiger partial charge in [0.1, 0.15) is 0 Å². The van der Waals surface area contributed by atoms with E-state index in [1.54, 1.807) is 37.6 Å². The summed E-state index contributed by atoms with van der Waals surface area (Å²) in [6, 6.07) is 9.66. The number of aldehydes is 1. The number of methoxy groups -OCH3 is 1. The number of aromatic nitrogens is 1. The molecule has 1 aromatic heterocycles. The van der Waals surface area contributed by atoms with Gasteiger partial charge in [0.2, 0.25) is 5.88 Å². The van der Waals surface area contributed by atoms with Crippen molar-refractivity contribution in [2.75, 3.05) is 13.4 Å². The Morgan fingerprint density at radius 2 is 1.86 bits per heavy atom. The Labute approximate surface area is 173 Å². The number of pyridine rings is 1. The van der Waals surface area contributed by atoms with E-state index in [9.17, 15) is 13.2 Å². The highest BCUT2D eigenvalue weighted by Crippen LogP contribution is 2.36. The highest BCUT2D eigenvalue weighted by atomic mass is 79.9. The highest BCUT2D eigenvalue weighted by molar-refractivity contribution is 9.10. The molecule has 0 amide bonds. The van der Waals surface area contributed by atoms with Crippen molar-refractivity contribution in [3.63, 3.8) is 0 Å². The summed E-state index contributed by atoms with van der Waals surface area (Å²) < 4.78 is 35.7. The molecule has 2 rings (SSSR count). The molecule has 0 bridgehead atoms.